The molecule has 0 unspecified atom stereocenters. The Hall–Kier alpha value is -3.42. The molecule has 0 aliphatic heterocycles. The Morgan fingerprint density at radius 2 is 1.92 bits per heavy atom. The lowest BCUT2D eigenvalue weighted by atomic mass is 9.86. The van der Waals surface area contributed by atoms with Gasteiger partial charge in [-0.15, -0.1) is 0 Å². The van der Waals surface area contributed by atoms with E-state index in [4.69, 9.17) is 5.21 Å². The lowest BCUT2D eigenvalue weighted by Crippen LogP contribution is -2.48. The van der Waals surface area contributed by atoms with Crippen molar-refractivity contribution in [2.45, 2.75) is 63.5 Å². The monoisotopic (exact) mass is 501 g/mol. The molecule has 0 spiro atoms. The number of benzene rings is 2. The van der Waals surface area contributed by atoms with Crippen LogP contribution in [0.1, 0.15) is 66.8 Å². The number of aromatic nitrogens is 1. The number of fused-ring (bicyclic) bond motifs is 2. The fourth-order valence-electron chi connectivity index (χ4n) is 6.17. The first-order valence-corrected chi connectivity index (χ1v) is 13.3. The first-order valence-electron chi connectivity index (χ1n) is 13.3. The zero-order valence-electron chi connectivity index (χ0n) is 21.0. The molecule has 1 saturated carbocycles. The van der Waals surface area contributed by atoms with Crippen molar-refractivity contribution in [3.05, 3.63) is 77.0 Å². The van der Waals surface area contributed by atoms with Crippen LogP contribution in [0.2, 0.25) is 0 Å². The lowest BCUT2D eigenvalue weighted by molar-refractivity contribution is -0.143. The van der Waals surface area contributed by atoms with Gasteiger partial charge in [-0.1, -0.05) is 55.7 Å². The summed E-state index contributed by atoms with van der Waals surface area (Å²) in [6, 6.07) is 13.8. The maximum atomic E-state index is 14.1. The van der Waals surface area contributed by atoms with Crippen LogP contribution in [-0.4, -0.2) is 44.7 Å². The SMILES string of the molecule is O=C(C=Cc1ccc2c(c1)CC[C@H]2N(C(=O)C1CCCCC1)[C@H](CO)Cc1c[nH]c2ccccc12)NO. The first kappa shape index (κ1) is 25.2. The zero-order valence-corrected chi connectivity index (χ0v) is 21.0. The van der Waals surface area contributed by atoms with E-state index < -0.39 is 5.91 Å². The number of nitrogens with one attached hydrogen (secondary N) is 2. The van der Waals surface area contributed by atoms with Crippen molar-refractivity contribution in [2.24, 2.45) is 5.92 Å². The largest absolute Gasteiger partial charge is 0.394 e. The number of H-pyrrole nitrogens is 1. The van der Waals surface area contributed by atoms with Gasteiger partial charge >= 0.3 is 0 Å². The van der Waals surface area contributed by atoms with Crippen molar-refractivity contribution in [2.75, 3.05) is 6.61 Å². The van der Waals surface area contributed by atoms with Crippen molar-refractivity contribution in [3.63, 3.8) is 0 Å². The van der Waals surface area contributed by atoms with Gasteiger partial charge in [0.1, 0.15) is 0 Å². The Kier molecular flexibility index (Phi) is 7.72. The van der Waals surface area contributed by atoms with Crippen molar-refractivity contribution >= 4 is 28.8 Å². The lowest BCUT2D eigenvalue weighted by Gasteiger charge is -2.39. The highest BCUT2D eigenvalue weighted by atomic mass is 16.5. The third-order valence-electron chi connectivity index (χ3n) is 8.03. The standard InChI is InChI=1S/C30H35N3O4/c34-19-24(17-23-18-31-27-9-5-4-8-25(23)27)33(30(36)21-6-2-1-3-7-21)28-14-12-22-16-20(10-13-26(22)28)11-15-29(35)32-37/h4-5,8-11,13,15-16,18,21,24,28,31,34,37H,1-3,6-7,12,14,17,19H2,(H,32,35)/t24-,28+/m0/s1. The number of aliphatic hydroxyl groups is 1. The topological polar surface area (TPSA) is 106 Å². The number of hydrogen-bond acceptors (Lipinski definition) is 4. The number of para-hydroxylation sites is 1. The van der Waals surface area contributed by atoms with Crippen molar-refractivity contribution in [1.82, 2.24) is 15.4 Å². The number of aryl methyl sites for hydroxylation is 1. The van der Waals surface area contributed by atoms with Gasteiger partial charge in [-0.05, 0) is 66.5 Å². The van der Waals surface area contributed by atoms with E-state index in [1.807, 2.05) is 47.5 Å². The summed E-state index contributed by atoms with van der Waals surface area (Å²) in [5.74, 6) is -0.403. The average molecular weight is 502 g/mol. The molecule has 0 bridgehead atoms. The molecule has 1 heterocycles. The van der Waals surface area contributed by atoms with Gasteiger partial charge in [0.05, 0.1) is 18.7 Å². The minimum atomic E-state index is -0.578. The van der Waals surface area contributed by atoms with E-state index in [0.29, 0.717) is 6.42 Å². The zero-order chi connectivity index (χ0) is 25.8. The van der Waals surface area contributed by atoms with Crippen LogP contribution in [-0.2, 0) is 22.4 Å². The van der Waals surface area contributed by atoms with Gasteiger partial charge in [0.25, 0.3) is 5.91 Å². The molecule has 2 atom stereocenters. The summed E-state index contributed by atoms with van der Waals surface area (Å²) in [6.45, 7) is -0.0963. The molecule has 1 fully saturated rings. The van der Waals surface area contributed by atoms with Crippen LogP contribution in [0.25, 0.3) is 17.0 Å². The molecule has 2 aliphatic rings. The molecule has 0 saturated heterocycles. The number of amides is 2. The molecule has 7 nitrogen and oxygen atoms in total. The van der Waals surface area contributed by atoms with Crippen LogP contribution >= 0.6 is 0 Å². The Bertz CT molecular complexity index is 1290. The van der Waals surface area contributed by atoms with Gasteiger partial charge in [-0.2, -0.15) is 0 Å². The molecule has 2 amide bonds. The highest BCUT2D eigenvalue weighted by Gasteiger charge is 2.38. The summed E-state index contributed by atoms with van der Waals surface area (Å²) in [7, 11) is 0. The van der Waals surface area contributed by atoms with E-state index in [1.165, 1.54) is 12.5 Å². The molecule has 37 heavy (non-hydrogen) atoms. The van der Waals surface area contributed by atoms with E-state index in [0.717, 1.165) is 71.7 Å². The molecular formula is C30H35N3O4. The van der Waals surface area contributed by atoms with Gasteiger partial charge in [-0.25, -0.2) is 5.48 Å². The van der Waals surface area contributed by atoms with Gasteiger partial charge in [0.2, 0.25) is 5.91 Å². The van der Waals surface area contributed by atoms with E-state index in [2.05, 4.69) is 11.1 Å². The molecule has 2 aromatic carbocycles. The summed E-state index contributed by atoms with van der Waals surface area (Å²) < 4.78 is 0. The van der Waals surface area contributed by atoms with Gasteiger partial charge in [0, 0.05) is 29.1 Å². The average Bonchev–Trinajstić information content (AvgIpc) is 3.55. The second kappa shape index (κ2) is 11.3. The molecule has 5 rings (SSSR count). The quantitative estimate of drug-likeness (QED) is 0.204. The Balaban J connectivity index is 1.47. The third-order valence-corrected chi connectivity index (χ3v) is 8.03. The predicted octanol–water partition coefficient (Wildman–Crippen LogP) is 4.69. The second-order valence-electron chi connectivity index (χ2n) is 10.3. The highest BCUT2D eigenvalue weighted by Crippen LogP contribution is 2.40. The molecule has 2 aliphatic carbocycles. The number of aliphatic hydroxyl groups excluding tert-OH is 1. The van der Waals surface area contributed by atoms with Crippen molar-refractivity contribution in [3.8, 4) is 0 Å². The number of carbonyl (C=O) groups is 2. The smallest absolute Gasteiger partial charge is 0.267 e. The third kappa shape index (κ3) is 5.33. The summed E-state index contributed by atoms with van der Waals surface area (Å²) in [6.07, 6.45) is 12.3. The fraction of sp³-hybridized carbons (Fsp3) is 0.400. The van der Waals surface area contributed by atoms with Gasteiger partial charge < -0.3 is 15.0 Å². The summed E-state index contributed by atoms with van der Waals surface area (Å²) in [4.78, 5) is 30.8. The van der Waals surface area contributed by atoms with E-state index in [-0.39, 0.29) is 30.5 Å². The molecule has 3 aromatic rings. The normalized spacial score (nSPS) is 18.7. The van der Waals surface area contributed by atoms with Crippen LogP contribution in [0.4, 0.5) is 0 Å². The molecule has 4 N–H and O–H groups in total. The van der Waals surface area contributed by atoms with Gasteiger partial charge in [0.15, 0.2) is 0 Å². The summed E-state index contributed by atoms with van der Waals surface area (Å²) >= 11 is 0. The predicted molar refractivity (Wildman–Crippen MR) is 143 cm³/mol. The Labute approximate surface area is 217 Å². The maximum Gasteiger partial charge on any atom is 0.267 e. The maximum absolute atomic E-state index is 14.1. The van der Waals surface area contributed by atoms with Gasteiger partial charge in [-0.3, -0.25) is 14.8 Å². The Morgan fingerprint density at radius 3 is 2.70 bits per heavy atom. The highest BCUT2D eigenvalue weighted by molar-refractivity contribution is 5.90. The van der Waals surface area contributed by atoms with Crippen LogP contribution in [0.3, 0.4) is 0 Å². The molecule has 1 aromatic heterocycles. The summed E-state index contributed by atoms with van der Waals surface area (Å²) in [5.41, 5.74) is 6.91. The van der Waals surface area contributed by atoms with Crippen molar-refractivity contribution < 1.29 is 19.9 Å². The van der Waals surface area contributed by atoms with Crippen LogP contribution in [0.5, 0.6) is 0 Å². The minimum Gasteiger partial charge on any atom is -0.394 e. The molecule has 194 valence electrons. The van der Waals surface area contributed by atoms with E-state index in [1.54, 1.807) is 11.6 Å². The number of hydroxylamine groups is 1. The Morgan fingerprint density at radius 1 is 1.11 bits per heavy atom. The first-order chi connectivity index (χ1) is 18.1. The minimum absolute atomic E-state index is 0.00835. The van der Waals surface area contributed by atoms with Crippen LogP contribution in [0, 0.1) is 5.92 Å². The number of hydrogen-bond donors (Lipinski definition) is 4. The number of nitrogens with zero attached hydrogens (tertiary/aromatic N) is 1. The molecular weight excluding hydrogens is 466 g/mol. The number of carbonyl (C=O) groups excluding carboxylic acids is 2. The summed E-state index contributed by atoms with van der Waals surface area (Å²) in [5, 5.41) is 20.5. The second-order valence-corrected chi connectivity index (χ2v) is 10.3. The fourth-order valence-corrected chi connectivity index (χ4v) is 6.17. The van der Waals surface area contributed by atoms with E-state index >= 15 is 0 Å². The number of rotatable bonds is 8. The van der Waals surface area contributed by atoms with Crippen LogP contribution in [0.15, 0.2) is 54.7 Å². The van der Waals surface area contributed by atoms with E-state index in [9.17, 15) is 14.7 Å². The molecule has 0 radical (unpaired) electrons. The molecule has 7 heteroatoms. The number of aromatic amines is 1. The van der Waals surface area contributed by atoms with Crippen LogP contribution < -0.4 is 5.48 Å². The van der Waals surface area contributed by atoms with Crippen molar-refractivity contribution in [1.29, 1.82) is 0 Å².